The van der Waals surface area contributed by atoms with Crippen molar-refractivity contribution in [3.05, 3.63) is 30.1 Å². The second-order valence-corrected chi connectivity index (χ2v) is 6.68. The number of morpholine rings is 1. The van der Waals surface area contributed by atoms with E-state index in [4.69, 9.17) is 9.47 Å². The number of nitriles is 1. The van der Waals surface area contributed by atoms with Gasteiger partial charge < -0.3 is 14.8 Å². The number of fused-ring (bicyclic) bond motifs is 1. The first-order valence-corrected chi connectivity index (χ1v) is 8.84. The summed E-state index contributed by atoms with van der Waals surface area (Å²) in [5.74, 6) is 0.645. The predicted octanol–water partition coefficient (Wildman–Crippen LogP) is 1.50. The first-order chi connectivity index (χ1) is 12.3. The number of ether oxygens (including phenoxy) is 2. The van der Waals surface area contributed by atoms with Gasteiger partial charge in [-0.15, -0.1) is 0 Å². The maximum absolute atomic E-state index is 9.55. The summed E-state index contributed by atoms with van der Waals surface area (Å²) in [7, 11) is 0. The highest BCUT2D eigenvalue weighted by Gasteiger charge is 2.39. The Morgan fingerprint density at radius 1 is 1.24 bits per heavy atom. The van der Waals surface area contributed by atoms with Gasteiger partial charge in [0.05, 0.1) is 25.4 Å². The molecule has 132 valence electrons. The summed E-state index contributed by atoms with van der Waals surface area (Å²) < 4.78 is 13.2. The van der Waals surface area contributed by atoms with Crippen LogP contribution >= 0.6 is 0 Å². The van der Waals surface area contributed by atoms with Crippen molar-refractivity contribution in [3.8, 4) is 6.07 Å². The van der Waals surface area contributed by atoms with Crippen LogP contribution in [0.4, 0.5) is 5.82 Å². The van der Waals surface area contributed by atoms with Gasteiger partial charge in [0, 0.05) is 32.4 Å². The van der Waals surface area contributed by atoms with Crippen LogP contribution in [-0.2, 0) is 9.47 Å². The van der Waals surface area contributed by atoms with Crippen molar-refractivity contribution in [2.45, 2.75) is 18.4 Å². The fourth-order valence-electron chi connectivity index (χ4n) is 3.85. The van der Waals surface area contributed by atoms with Gasteiger partial charge in [-0.25, -0.2) is 4.98 Å². The fourth-order valence-corrected chi connectivity index (χ4v) is 3.85. The van der Waals surface area contributed by atoms with E-state index < -0.39 is 0 Å². The molecule has 2 saturated heterocycles. The molecular formula is C18H23N5O2. The number of rotatable bonds is 4. The zero-order valence-electron chi connectivity index (χ0n) is 14.3. The summed E-state index contributed by atoms with van der Waals surface area (Å²) in [6.07, 6.45) is 4.00. The van der Waals surface area contributed by atoms with Crippen LogP contribution in [0.1, 0.15) is 18.5 Å². The fraction of sp³-hybridized carbons (Fsp3) is 0.556. The van der Waals surface area contributed by atoms with Gasteiger partial charge in [0.2, 0.25) is 0 Å². The average molecular weight is 341 g/mol. The molecule has 1 atom stereocenters. The van der Waals surface area contributed by atoms with E-state index in [1.54, 1.807) is 0 Å². The molecule has 0 radical (unpaired) electrons. The normalized spacial score (nSPS) is 24.9. The average Bonchev–Trinajstić information content (AvgIpc) is 3.05. The Bertz CT molecular complexity index is 769. The smallest absolute Gasteiger partial charge is 0.168 e. The van der Waals surface area contributed by atoms with Gasteiger partial charge in [0.15, 0.2) is 11.5 Å². The Kier molecular flexibility index (Phi) is 4.57. The van der Waals surface area contributed by atoms with Gasteiger partial charge in [-0.2, -0.15) is 5.26 Å². The first-order valence-electron chi connectivity index (χ1n) is 8.84. The Hall–Kier alpha value is -2.14. The lowest BCUT2D eigenvalue weighted by atomic mass is 9.89. The van der Waals surface area contributed by atoms with Gasteiger partial charge in [0.1, 0.15) is 11.7 Å². The van der Waals surface area contributed by atoms with Crippen LogP contribution < -0.4 is 5.32 Å². The standard InChI is InChI=1S/C18H23N5O2/c19-12-15-17(21-16-4-1-2-6-23(15)16)20-13-18(5-3-9-25-14-18)22-7-10-24-11-8-22/h1-2,4,6,20H,3,5,7-11,13-14H2. The molecule has 2 aliphatic heterocycles. The molecule has 2 aromatic rings. The largest absolute Gasteiger partial charge is 0.379 e. The van der Waals surface area contributed by atoms with Crippen LogP contribution in [0.2, 0.25) is 0 Å². The monoisotopic (exact) mass is 341 g/mol. The third-order valence-corrected chi connectivity index (χ3v) is 5.20. The van der Waals surface area contributed by atoms with Crippen molar-refractivity contribution in [2.24, 2.45) is 0 Å². The zero-order chi connectivity index (χ0) is 17.1. The van der Waals surface area contributed by atoms with E-state index in [0.717, 1.165) is 51.4 Å². The number of imidazole rings is 1. The van der Waals surface area contributed by atoms with Crippen molar-refractivity contribution < 1.29 is 9.47 Å². The number of aromatic nitrogens is 2. The third-order valence-electron chi connectivity index (χ3n) is 5.20. The second kappa shape index (κ2) is 7.00. The minimum atomic E-state index is -0.0649. The van der Waals surface area contributed by atoms with Crippen LogP contribution in [0.3, 0.4) is 0 Å². The van der Waals surface area contributed by atoms with Gasteiger partial charge >= 0.3 is 0 Å². The van der Waals surface area contributed by atoms with E-state index in [0.29, 0.717) is 24.7 Å². The summed E-state index contributed by atoms with van der Waals surface area (Å²) in [6.45, 7) is 5.60. The van der Waals surface area contributed by atoms with E-state index in [9.17, 15) is 5.26 Å². The summed E-state index contributed by atoms with van der Waals surface area (Å²) >= 11 is 0. The Balaban J connectivity index is 1.58. The lowest BCUT2D eigenvalue weighted by molar-refractivity contribution is -0.0800. The molecule has 2 fully saturated rings. The molecule has 4 heterocycles. The van der Waals surface area contributed by atoms with E-state index in [2.05, 4.69) is 21.3 Å². The molecule has 0 aliphatic carbocycles. The highest BCUT2D eigenvalue weighted by atomic mass is 16.5. The van der Waals surface area contributed by atoms with Gasteiger partial charge in [-0.05, 0) is 25.0 Å². The summed E-state index contributed by atoms with van der Waals surface area (Å²) in [5.41, 5.74) is 1.26. The summed E-state index contributed by atoms with van der Waals surface area (Å²) in [5, 5.41) is 13.0. The molecular weight excluding hydrogens is 318 g/mol. The highest BCUT2D eigenvalue weighted by molar-refractivity contribution is 5.59. The molecule has 0 spiro atoms. The van der Waals surface area contributed by atoms with Crippen LogP contribution in [0.5, 0.6) is 0 Å². The number of nitrogens with one attached hydrogen (secondary N) is 1. The van der Waals surface area contributed by atoms with Gasteiger partial charge in [-0.3, -0.25) is 9.30 Å². The Morgan fingerprint density at radius 2 is 2.12 bits per heavy atom. The second-order valence-electron chi connectivity index (χ2n) is 6.68. The minimum absolute atomic E-state index is 0.0649. The topological polar surface area (TPSA) is 74.8 Å². The van der Waals surface area contributed by atoms with Crippen LogP contribution in [0, 0.1) is 11.3 Å². The molecule has 0 aromatic carbocycles. The molecule has 0 amide bonds. The predicted molar refractivity (Wildman–Crippen MR) is 93.6 cm³/mol. The zero-order valence-corrected chi connectivity index (χ0v) is 14.3. The molecule has 0 bridgehead atoms. The molecule has 7 heteroatoms. The lowest BCUT2D eigenvalue weighted by Crippen LogP contribution is -2.61. The SMILES string of the molecule is N#Cc1c(NCC2(N3CCOCC3)CCCOC2)nc2ccccn12. The number of hydrogen-bond acceptors (Lipinski definition) is 6. The maximum atomic E-state index is 9.55. The number of pyridine rings is 1. The van der Waals surface area contributed by atoms with Crippen LogP contribution in [0.25, 0.3) is 5.65 Å². The minimum Gasteiger partial charge on any atom is -0.379 e. The van der Waals surface area contributed by atoms with Crippen LogP contribution in [-0.4, -0.2) is 65.9 Å². The van der Waals surface area contributed by atoms with Crippen molar-refractivity contribution >= 4 is 11.5 Å². The van der Waals surface area contributed by atoms with Crippen molar-refractivity contribution in [1.29, 1.82) is 5.26 Å². The van der Waals surface area contributed by atoms with Crippen molar-refractivity contribution in [2.75, 3.05) is 51.4 Å². The van der Waals surface area contributed by atoms with Gasteiger partial charge in [0.25, 0.3) is 0 Å². The molecule has 2 aliphatic rings. The molecule has 1 unspecified atom stereocenters. The number of anilines is 1. The van der Waals surface area contributed by atoms with Crippen molar-refractivity contribution in [1.82, 2.24) is 14.3 Å². The highest BCUT2D eigenvalue weighted by Crippen LogP contribution is 2.28. The number of nitrogens with zero attached hydrogens (tertiary/aromatic N) is 4. The lowest BCUT2D eigenvalue weighted by Gasteiger charge is -2.47. The maximum Gasteiger partial charge on any atom is 0.168 e. The summed E-state index contributed by atoms with van der Waals surface area (Å²) in [6, 6.07) is 8.02. The van der Waals surface area contributed by atoms with Crippen molar-refractivity contribution in [3.63, 3.8) is 0 Å². The molecule has 25 heavy (non-hydrogen) atoms. The van der Waals surface area contributed by atoms with E-state index >= 15 is 0 Å². The first kappa shape index (κ1) is 16.3. The van der Waals surface area contributed by atoms with Crippen LogP contribution in [0.15, 0.2) is 24.4 Å². The molecule has 2 aromatic heterocycles. The van der Waals surface area contributed by atoms with E-state index in [1.165, 1.54) is 0 Å². The third kappa shape index (κ3) is 3.09. The van der Waals surface area contributed by atoms with E-state index in [1.807, 2.05) is 28.8 Å². The summed E-state index contributed by atoms with van der Waals surface area (Å²) in [4.78, 5) is 7.07. The molecule has 1 N–H and O–H groups in total. The Morgan fingerprint density at radius 3 is 2.88 bits per heavy atom. The molecule has 0 saturated carbocycles. The van der Waals surface area contributed by atoms with E-state index in [-0.39, 0.29) is 5.54 Å². The molecule has 4 rings (SSSR count). The molecule has 7 nitrogen and oxygen atoms in total. The van der Waals surface area contributed by atoms with Gasteiger partial charge in [-0.1, -0.05) is 6.07 Å². The Labute approximate surface area is 147 Å². The quantitative estimate of drug-likeness (QED) is 0.908. The number of hydrogen-bond donors (Lipinski definition) is 1.